The number of hydrogen-bond acceptors (Lipinski definition) is 4. The quantitative estimate of drug-likeness (QED) is 0.514. The number of rotatable bonds is 9. The lowest BCUT2D eigenvalue weighted by atomic mass is 10.2. The molecule has 5 nitrogen and oxygen atoms in total. The van der Waals surface area contributed by atoms with Crippen molar-refractivity contribution in [3.63, 3.8) is 0 Å². The number of carbonyl (C=O) groups is 2. The Hall–Kier alpha value is -2.60. The highest BCUT2D eigenvalue weighted by atomic mass is 35.5. The zero-order valence-electron chi connectivity index (χ0n) is 15.0. The summed E-state index contributed by atoms with van der Waals surface area (Å²) in [5.41, 5.74) is 0.486. The van der Waals surface area contributed by atoms with Gasteiger partial charge in [-0.1, -0.05) is 31.0 Å². The van der Waals surface area contributed by atoms with Gasteiger partial charge in [0.2, 0.25) is 0 Å². The lowest BCUT2D eigenvalue weighted by molar-refractivity contribution is -0.143. The maximum absolute atomic E-state index is 13.6. The van der Waals surface area contributed by atoms with Crippen molar-refractivity contribution in [1.82, 2.24) is 5.32 Å². The lowest BCUT2D eigenvalue weighted by Gasteiger charge is -2.09. The SMILES string of the molecule is CCCCOc1ccc(C(=O)NCC(=O)OCc2c(F)cccc2Cl)cc1. The van der Waals surface area contributed by atoms with E-state index in [0.717, 1.165) is 12.8 Å². The molecular weight excluding hydrogens is 373 g/mol. The molecule has 7 heteroatoms. The zero-order valence-corrected chi connectivity index (χ0v) is 15.7. The molecule has 1 N–H and O–H groups in total. The molecule has 0 radical (unpaired) electrons. The fourth-order valence-corrected chi connectivity index (χ4v) is 2.38. The van der Waals surface area contributed by atoms with E-state index in [1.165, 1.54) is 18.2 Å². The zero-order chi connectivity index (χ0) is 19.6. The van der Waals surface area contributed by atoms with Gasteiger partial charge in [0.05, 0.1) is 11.6 Å². The number of nitrogens with one attached hydrogen (secondary N) is 1. The molecule has 0 aliphatic carbocycles. The third-order valence-electron chi connectivity index (χ3n) is 3.72. The van der Waals surface area contributed by atoms with Crippen LogP contribution in [0, 0.1) is 5.82 Å². The van der Waals surface area contributed by atoms with Gasteiger partial charge in [-0.05, 0) is 42.8 Å². The Labute approximate surface area is 162 Å². The summed E-state index contributed by atoms with van der Waals surface area (Å²) >= 11 is 5.86. The molecule has 0 atom stereocenters. The third kappa shape index (κ3) is 6.57. The van der Waals surface area contributed by atoms with Crippen LogP contribution in [0.1, 0.15) is 35.7 Å². The maximum atomic E-state index is 13.6. The molecule has 1 amide bonds. The van der Waals surface area contributed by atoms with E-state index < -0.39 is 17.7 Å². The summed E-state index contributed by atoms with van der Waals surface area (Å²) in [5, 5.41) is 2.63. The van der Waals surface area contributed by atoms with Gasteiger partial charge in [-0.3, -0.25) is 9.59 Å². The number of esters is 1. The van der Waals surface area contributed by atoms with E-state index in [1.54, 1.807) is 24.3 Å². The Morgan fingerprint density at radius 1 is 1.15 bits per heavy atom. The van der Waals surface area contributed by atoms with Crippen molar-refractivity contribution in [3.8, 4) is 5.75 Å². The molecule has 0 aliphatic heterocycles. The Morgan fingerprint density at radius 2 is 1.89 bits per heavy atom. The van der Waals surface area contributed by atoms with Crippen molar-refractivity contribution in [1.29, 1.82) is 0 Å². The van der Waals surface area contributed by atoms with E-state index in [4.69, 9.17) is 21.1 Å². The topological polar surface area (TPSA) is 64.6 Å². The first kappa shape index (κ1) is 20.7. The Morgan fingerprint density at radius 3 is 2.56 bits per heavy atom. The lowest BCUT2D eigenvalue weighted by Crippen LogP contribution is -2.30. The van der Waals surface area contributed by atoms with Crippen molar-refractivity contribution in [2.24, 2.45) is 0 Å². The van der Waals surface area contributed by atoms with Crippen LogP contribution in [0.15, 0.2) is 42.5 Å². The fourth-order valence-electron chi connectivity index (χ4n) is 2.17. The molecule has 27 heavy (non-hydrogen) atoms. The highest BCUT2D eigenvalue weighted by molar-refractivity contribution is 6.31. The van der Waals surface area contributed by atoms with E-state index in [-0.39, 0.29) is 23.7 Å². The number of halogens is 2. The smallest absolute Gasteiger partial charge is 0.325 e. The van der Waals surface area contributed by atoms with E-state index in [9.17, 15) is 14.0 Å². The minimum atomic E-state index is -0.692. The average Bonchev–Trinajstić information content (AvgIpc) is 2.66. The van der Waals surface area contributed by atoms with Gasteiger partial charge in [0.1, 0.15) is 24.7 Å². The number of carbonyl (C=O) groups excluding carboxylic acids is 2. The summed E-state index contributed by atoms with van der Waals surface area (Å²) in [5.74, 6) is -0.986. The molecule has 0 aliphatic rings. The number of amides is 1. The van der Waals surface area contributed by atoms with E-state index >= 15 is 0 Å². The molecule has 2 aromatic carbocycles. The fraction of sp³-hybridized carbons (Fsp3) is 0.300. The molecule has 144 valence electrons. The normalized spacial score (nSPS) is 10.3. The maximum Gasteiger partial charge on any atom is 0.325 e. The van der Waals surface area contributed by atoms with Gasteiger partial charge in [-0.15, -0.1) is 0 Å². The molecule has 0 bridgehead atoms. The Bertz CT molecular complexity index is 760. The van der Waals surface area contributed by atoms with Crippen molar-refractivity contribution in [2.75, 3.05) is 13.2 Å². The number of hydrogen-bond donors (Lipinski definition) is 1. The van der Waals surface area contributed by atoms with E-state index in [2.05, 4.69) is 12.2 Å². The van der Waals surface area contributed by atoms with Crippen molar-refractivity contribution >= 4 is 23.5 Å². The van der Waals surface area contributed by atoms with Crippen LogP contribution in [0.4, 0.5) is 4.39 Å². The van der Waals surface area contributed by atoms with E-state index in [0.29, 0.717) is 17.9 Å². The van der Waals surface area contributed by atoms with Crippen LogP contribution >= 0.6 is 11.6 Å². The summed E-state index contributed by atoms with van der Waals surface area (Å²) in [4.78, 5) is 23.8. The summed E-state index contributed by atoms with van der Waals surface area (Å²) < 4.78 is 24.1. The van der Waals surface area contributed by atoms with Gasteiger partial charge >= 0.3 is 5.97 Å². The predicted octanol–water partition coefficient (Wildman–Crippen LogP) is 4.13. The third-order valence-corrected chi connectivity index (χ3v) is 4.07. The van der Waals surface area contributed by atoms with Gasteiger partial charge in [-0.25, -0.2) is 4.39 Å². The molecule has 0 spiro atoms. The number of ether oxygens (including phenoxy) is 2. The van der Waals surface area contributed by atoms with Crippen molar-refractivity contribution in [2.45, 2.75) is 26.4 Å². The summed E-state index contributed by atoms with van der Waals surface area (Å²) in [6, 6.07) is 10.8. The predicted molar refractivity (Wildman–Crippen MR) is 100 cm³/mol. The Kier molecular flexibility index (Phi) is 8.07. The largest absolute Gasteiger partial charge is 0.494 e. The van der Waals surface area contributed by atoms with Gasteiger partial charge in [0.15, 0.2) is 0 Å². The average molecular weight is 394 g/mol. The summed E-state index contributed by atoms with van der Waals surface area (Å²) in [7, 11) is 0. The van der Waals surface area contributed by atoms with Gasteiger partial charge < -0.3 is 14.8 Å². The van der Waals surface area contributed by atoms with E-state index in [1.807, 2.05) is 0 Å². The van der Waals surface area contributed by atoms with Gasteiger partial charge in [-0.2, -0.15) is 0 Å². The van der Waals surface area contributed by atoms with Crippen LogP contribution in [0.3, 0.4) is 0 Å². The molecule has 0 heterocycles. The first-order valence-corrected chi connectivity index (χ1v) is 8.98. The van der Waals surface area contributed by atoms with Crippen LogP contribution < -0.4 is 10.1 Å². The second kappa shape index (κ2) is 10.5. The molecular formula is C20H21ClFNO4. The molecule has 0 unspecified atom stereocenters. The molecule has 0 saturated heterocycles. The minimum Gasteiger partial charge on any atom is -0.494 e. The monoisotopic (exact) mass is 393 g/mol. The standard InChI is InChI=1S/C20H21ClFNO4/c1-2-3-11-26-15-9-7-14(8-10-15)20(25)23-12-19(24)27-13-16-17(21)5-4-6-18(16)22/h4-10H,2-3,11-13H2,1H3,(H,23,25). The van der Waals surface area contributed by atoms with Crippen LogP contribution in [-0.4, -0.2) is 25.0 Å². The summed E-state index contributed by atoms with van der Waals surface area (Å²) in [6.45, 7) is 2.07. The van der Waals surface area contributed by atoms with Gasteiger partial charge in [0.25, 0.3) is 5.91 Å². The molecule has 0 aromatic heterocycles. The highest BCUT2D eigenvalue weighted by Gasteiger charge is 2.12. The first-order valence-electron chi connectivity index (χ1n) is 8.60. The number of unbranched alkanes of at least 4 members (excludes halogenated alkanes) is 1. The van der Waals surface area contributed by atoms with Crippen LogP contribution in [-0.2, 0) is 16.1 Å². The summed E-state index contributed by atoms with van der Waals surface area (Å²) in [6.07, 6.45) is 2.00. The molecule has 2 rings (SSSR count). The molecule has 2 aromatic rings. The molecule has 0 fully saturated rings. The van der Waals surface area contributed by atoms with Gasteiger partial charge in [0, 0.05) is 11.1 Å². The highest BCUT2D eigenvalue weighted by Crippen LogP contribution is 2.19. The van der Waals surface area contributed by atoms with Crippen molar-refractivity contribution < 1.29 is 23.5 Å². The minimum absolute atomic E-state index is 0.0949. The van der Waals surface area contributed by atoms with Crippen LogP contribution in [0.5, 0.6) is 5.75 Å². The van der Waals surface area contributed by atoms with Crippen molar-refractivity contribution in [3.05, 3.63) is 64.4 Å². The Balaban J connectivity index is 1.78. The second-order valence-electron chi connectivity index (χ2n) is 5.77. The van der Waals surface area contributed by atoms with Crippen LogP contribution in [0.25, 0.3) is 0 Å². The first-order chi connectivity index (χ1) is 13.0. The number of benzene rings is 2. The molecule has 0 saturated carbocycles. The second-order valence-corrected chi connectivity index (χ2v) is 6.18. The van der Waals surface area contributed by atoms with Crippen LogP contribution in [0.2, 0.25) is 5.02 Å².